The van der Waals surface area contributed by atoms with Gasteiger partial charge < -0.3 is 14.2 Å². The Bertz CT molecular complexity index is 1430. The molecule has 466 valence electrons. The Morgan fingerprint density at radius 3 is 0.713 bits per heavy atom. The van der Waals surface area contributed by atoms with Gasteiger partial charge in [0.25, 0.3) is 0 Å². The molecule has 0 saturated heterocycles. The summed E-state index contributed by atoms with van der Waals surface area (Å²) < 4.78 is 17.0. The van der Waals surface area contributed by atoms with E-state index in [2.05, 4.69) is 81.5 Å². The van der Waals surface area contributed by atoms with Gasteiger partial charge >= 0.3 is 17.9 Å². The van der Waals surface area contributed by atoms with E-state index in [4.69, 9.17) is 14.2 Å². The van der Waals surface area contributed by atoms with Crippen molar-refractivity contribution in [2.45, 2.75) is 380 Å². The Hall–Kier alpha value is -2.89. The Kier molecular flexibility index (Phi) is 66.1. The highest BCUT2D eigenvalue weighted by atomic mass is 16.6. The average molecular weight is 1120 g/mol. The minimum Gasteiger partial charge on any atom is -0.462 e. The van der Waals surface area contributed by atoms with Crippen LogP contribution in [0.1, 0.15) is 374 Å². The van der Waals surface area contributed by atoms with Gasteiger partial charge in [0.1, 0.15) is 13.2 Å². The van der Waals surface area contributed by atoms with Crippen molar-refractivity contribution in [2.75, 3.05) is 13.2 Å². The Labute approximate surface area is 498 Å². The first kappa shape index (κ1) is 77.1. The van der Waals surface area contributed by atoms with Crippen LogP contribution in [0.4, 0.5) is 0 Å². The molecule has 0 amide bonds. The van der Waals surface area contributed by atoms with Crippen molar-refractivity contribution in [1.29, 1.82) is 0 Å². The summed E-state index contributed by atoms with van der Waals surface area (Å²) in [5.41, 5.74) is 0. The van der Waals surface area contributed by atoms with Crippen LogP contribution in [-0.4, -0.2) is 37.2 Å². The second kappa shape index (κ2) is 68.6. The molecule has 0 aromatic carbocycles. The standard InChI is InChI=1S/C74H134O6/c1-4-7-10-13-16-19-22-25-28-30-32-34-35-36-37-38-39-41-42-44-46-49-52-55-58-61-64-67-73(76)79-70-71(69-78-72(75)66-63-60-57-54-51-48-27-24-21-18-15-12-9-6-3)80-74(77)68-65-62-59-56-53-50-47-45-43-40-33-31-29-26-23-20-17-14-11-8-5-2/h22,24-25,27,30-33,35-36,71H,4-21,23,26,28-29,34,37-70H2,1-3H3/b25-22-,27-24-,32-30-,33-31-,36-35-. The first-order valence-electron chi connectivity index (χ1n) is 35.3. The number of hydrogen-bond donors (Lipinski definition) is 0. The van der Waals surface area contributed by atoms with E-state index >= 15 is 0 Å². The maximum Gasteiger partial charge on any atom is 0.306 e. The second-order valence-electron chi connectivity index (χ2n) is 23.8. The first-order chi connectivity index (χ1) is 39.5. The summed E-state index contributed by atoms with van der Waals surface area (Å²) >= 11 is 0. The van der Waals surface area contributed by atoms with Gasteiger partial charge in [-0.3, -0.25) is 14.4 Å². The molecule has 0 N–H and O–H groups in total. The summed E-state index contributed by atoms with van der Waals surface area (Å²) in [5, 5.41) is 0. The largest absolute Gasteiger partial charge is 0.462 e. The van der Waals surface area contributed by atoms with Gasteiger partial charge in [0.05, 0.1) is 0 Å². The molecule has 0 radical (unpaired) electrons. The van der Waals surface area contributed by atoms with E-state index in [1.54, 1.807) is 0 Å². The van der Waals surface area contributed by atoms with Gasteiger partial charge in [0.15, 0.2) is 6.10 Å². The van der Waals surface area contributed by atoms with Gasteiger partial charge in [-0.2, -0.15) is 0 Å². The topological polar surface area (TPSA) is 78.9 Å². The minimum absolute atomic E-state index is 0.0759. The van der Waals surface area contributed by atoms with Crippen molar-refractivity contribution in [3.63, 3.8) is 0 Å². The quantitative estimate of drug-likeness (QED) is 0.0261. The molecule has 0 heterocycles. The fourth-order valence-electron chi connectivity index (χ4n) is 10.4. The van der Waals surface area contributed by atoms with Crippen LogP contribution in [0.5, 0.6) is 0 Å². The lowest BCUT2D eigenvalue weighted by Gasteiger charge is -2.18. The van der Waals surface area contributed by atoms with E-state index in [1.807, 2.05) is 0 Å². The molecular weight excluding hydrogens is 985 g/mol. The third-order valence-electron chi connectivity index (χ3n) is 15.7. The summed E-state index contributed by atoms with van der Waals surface area (Å²) in [6.45, 7) is 6.66. The molecule has 0 aliphatic carbocycles. The zero-order valence-electron chi connectivity index (χ0n) is 53.6. The van der Waals surface area contributed by atoms with E-state index in [0.717, 1.165) is 77.0 Å². The SMILES string of the molecule is CCCCCCC/C=C\C/C=C\C/C=C\CCCCCCCCCCCCCCC(=O)OCC(COC(=O)CCCCCCC/C=C\CCCCCCC)OC(=O)CCCCCCCCCCC/C=C\CCCCCCCCCC. The molecule has 6 nitrogen and oxygen atoms in total. The van der Waals surface area contributed by atoms with Crippen LogP contribution in [0.25, 0.3) is 0 Å². The predicted octanol–water partition coefficient (Wildman–Crippen LogP) is 24.3. The van der Waals surface area contributed by atoms with Crippen molar-refractivity contribution in [2.24, 2.45) is 0 Å². The number of ether oxygens (including phenoxy) is 3. The number of carbonyl (C=O) groups excluding carboxylic acids is 3. The molecule has 0 aromatic heterocycles. The molecule has 0 spiro atoms. The van der Waals surface area contributed by atoms with Crippen LogP contribution >= 0.6 is 0 Å². The van der Waals surface area contributed by atoms with Gasteiger partial charge in [-0.25, -0.2) is 0 Å². The molecule has 6 heteroatoms. The Morgan fingerprint density at radius 1 is 0.250 bits per heavy atom. The van der Waals surface area contributed by atoms with Gasteiger partial charge in [-0.05, 0) is 109 Å². The van der Waals surface area contributed by atoms with Gasteiger partial charge in [-0.15, -0.1) is 0 Å². The fraction of sp³-hybridized carbons (Fsp3) is 0.824. The van der Waals surface area contributed by atoms with Crippen LogP contribution in [0.3, 0.4) is 0 Å². The Morgan fingerprint density at radius 2 is 0.450 bits per heavy atom. The van der Waals surface area contributed by atoms with Crippen LogP contribution < -0.4 is 0 Å². The van der Waals surface area contributed by atoms with Crippen molar-refractivity contribution in [1.82, 2.24) is 0 Å². The maximum absolute atomic E-state index is 12.9. The highest BCUT2D eigenvalue weighted by Crippen LogP contribution is 2.17. The van der Waals surface area contributed by atoms with Crippen LogP contribution in [0, 0.1) is 0 Å². The van der Waals surface area contributed by atoms with Crippen LogP contribution in [-0.2, 0) is 28.6 Å². The predicted molar refractivity (Wildman–Crippen MR) is 348 cm³/mol. The van der Waals surface area contributed by atoms with E-state index in [-0.39, 0.29) is 31.1 Å². The normalized spacial score (nSPS) is 12.4. The van der Waals surface area contributed by atoms with E-state index in [9.17, 15) is 14.4 Å². The van der Waals surface area contributed by atoms with E-state index in [1.165, 1.54) is 257 Å². The monoisotopic (exact) mass is 1120 g/mol. The van der Waals surface area contributed by atoms with Crippen molar-refractivity contribution in [3.8, 4) is 0 Å². The molecule has 0 rings (SSSR count). The van der Waals surface area contributed by atoms with Gasteiger partial charge in [0.2, 0.25) is 0 Å². The number of unbranched alkanes of at least 4 members (excludes halogenated alkanes) is 44. The first-order valence-corrected chi connectivity index (χ1v) is 35.3. The zero-order chi connectivity index (χ0) is 57.8. The average Bonchev–Trinajstić information content (AvgIpc) is 3.46. The summed E-state index contributed by atoms with van der Waals surface area (Å²) in [7, 11) is 0. The molecule has 0 saturated carbocycles. The highest BCUT2D eigenvalue weighted by Gasteiger charge is 2.19. The smallest absolute Gasteiger partial charge is 0.306 e. The third-order valence-corrected chi connectivity index (χ3v) is 15.7. The Balaban J connectivity index is 4.28. The summed E-state index contributed by atoms with van der Waals surface area (Å²) in [6.07, 6.45) is 88.1. The molecular formula is C74H134O6. The minimum atomic E-state index is -0.780. The van der Waals surface area contributed by atoms with Gasteiger partial charge in [-0.1, -0.05) is 306 Å². The number of carbonyl (C=O) groups is 3. The molecule has 1 unspecified atom stereocenters. The number of esters is 3. The van der Waals surface area contributed by atoms with E-state index < -0.39 is 6.10 Å². The van der Waals surface area contributed by atoms with Crippen LogP contribution in [0.2, 0.25) is 0 Å². The zero-order valence-corrected chi connectivity index (χ0v) is 53.6. The molecule has 80 heavy (non-hydrogen) atoms. The maximum atomic E-state index is 12.9. The lowest BCUT2D eigenvalue weighted by molar-refractivity contribution is -0.167. The summed E-state index contributed by atoms with van der Waals surface area (Å²) in [5.74, 6) is -0.867. The number of rotatable bonds is 65. The van der Waals surface area contributed by atoms with E-state index in [0.29, 0.717) is 19.3 Å². The lowest BCUT2D eigenvalue weighted by Crippen LogP contribution is -2.30. The molecule has 1 atom stereocenters. The lowest BCUT2D eigenvalue weighted by atomic mass is 10.0. The highest BCUT2D eigenvalue weighted by molar-refractivity contribution is 5.71. The molecule has 0 aliphatic rings. The van der Waals surface area contributed by atoms with Crippen LogP contribution in [0.15, 0.2) is 60.8 Å². The van der Waals surface area contributed by atoms with Crippen molar-refractivity contribution < 1.29 is 28.6 Å². The second-order valence-corrected chi connectivity index (χ2v) is 23.8. The molecule has 0 aliphatic heterocycles. The number of hydrogen-bond acceptors (Lipinski definition) is 6. The summed E-state index contributed by atoms with van der Waals surface area (Å²) in [6, 6.07) is 0. The molecule has 0 aromatic rings. The van der Waals surface area contributed by atoms with Crippen molar-refractivity contribution >= 4 is 17.9 Å². The van der Waals surface area contributed by atoms with Gasteiger partial charge in [0, 0.05) is 19.3 Å². The van der Waals surface area contributed by atoms with Crippen molar-refractivity contribution in [3.05, 3.63) is 60.8 Å². The summed E-state index contributed by atoms with van der Waals surface area (Å²) in [4.78, 5) is 38.4. The third kappa shape index (κ3) is 65.9. The fourth-order valence-corrected chi connectivity index (χ4v) is 10.4. The molecule has 0 fully saturated rings. The number of allylic oxidation sites excluding steroid dienone is 10. The molecule has 0 bridgehead atoms.